The minimum absolute atomic E-state index is 0.160. The summed E-state index contributed by atoms with van der Waals surface area (Å²) in [6.45, 7) is 4.01. The number of benzene rings is 2. The Morgan fingerprint density at radius 2 is 2.06 bits per heavy atom. The molecule has 1 saturated carbocycles. The average molecular weight is 469 g/mol. The van der Waals surface area contributed by atoms with E-state index in [1.54, 1.807) is 6.07 Å². The summed E-state index contributed by atoms with van der Waals surface area (Å²) in [6, 6.07) is 13.1. The lowest BCUT2D eigenvalue weighted by atomic mass is 9.91. The second kappa shape index (κ2) is 7.32. The lowest BCUT2D eigenvalue weighted by Gasteiger charge is -2.26. The van der Waals surface area contributed by atoms with Crippen LogP contribution in [-0.4, -0.2) is 49.8 Å². The van der Waals surface area contributed by atoms with E-state index in [2.05, 4.69) is 25.1 Å². The van der Waals surface area contributed by atoms with E-state index in [1.807, 2.05) is 43.5 Å². The molecular formula is C26H25FN8. The van der Waals surface area contributed by atoms with Gasteiger partial charge in [0.2, 0.25) is 5.65 Å². The summed E-state index contributed by atoms with van der Waals surface area (Å²) in [4.78, 5) is 19.5. The minimum Gasteiger partial charge on any atom is -0.355 e. The molecular weight excluding hydrogens is 443 g/mol. The Morgan fingerprint density at radius 3 is 2.91 bits per heavy atom. The van der Waals surface area contributed by atoms with Gasteiger partial charge in [0.05, 0.1) is 22.9 Å². The maximum absolute atomic E-state index is 14.7. The molecule has 0 unspecified atom stereocenters. The van der Waals surface area contributed by atoms with Gasteiger partial charge in [0, 0.05) is 30.6 Å². The van der Waals surface area contributed by atoms with Crippen molar-refractivity contribution in [3.05, 3.63) is 65.9 Å². The van der Waals surface area contributed by atoms with Gasteiger partial charge in [0.25, 0.3) is 0 Å². The maximum Gasteiger partial charge on any atom is 0.202 e. The summed E-state index contributed by atoms with van der Waals surface area (Å²) in [5.74, 6) is 2.21. The Balaban J connectivity index is 1.18. The monoisotopic (exact) mass is 468 g/mol. The molecule has 3 aromatic heterocycles. The van der Waals surface area contributed by atoms with Gasteiger partial charge in [-0.3, -0.25) is 5.10 Å². The smallest absolute Gasteiger partial charge is 0.202 e. The Labute approximate surface area is 200 Å². The van der Waals surface area contributed by atoms with E-state index >= 15 is 0 Å². The first-order valence-electron chi connectivity index (χ1n) is 12.0. The summed E-state index contributed by atoms with van der Waals surface area (Å²) in [7, 11) is 0. The van der Waals surface area contributed by atoms with Crippen molar-refractivity contribution in [1.82, 2.24) is 30.1 Å². The molecule has 3 atom stereocenters. The zero-order valence-electron chi connectivity index (χ0n) is 19.3. The van der Waals surface area contributed by atoms with Crippen LogP contribution in [0, 0.1) is 24.6 Å². The van der Waals surface area contributed by atoms with Gasteiger partial charge in [0.1, 0.15) is 23.0 Å². The van der Waals surface area contributed by atoms with Crippen molar-refractivity contribution < 1.29 is 4.39 Å². The predicted molar refractivity (Wildman–Crippen MR) is 132 cm³/mol. The van der Waals surface area contributed by atoms with Crippen LogP contribution in [0.15, 0.2) is 48.7 Å². The van der Waals surface area contributed by atoms with Gasteiger partial charge in [-0.25, -0.2) is 19.3 Å². The van der Waals surface area contributed by atoms with E-state index in [0.717, 1.165) is 64.5 Å². The zero-order valence-corrected chi connectivity index (χ0v) is 19.3. The molecule has 0 spiro atoms. The van der Waals surface area contributed by atoms with Crippen molar-refractivity contribution in [2.45, 2.75) is 18.8 Å². The maximum atomic E-state index is 14.7. The molecule has 1 aliphatic heterocycles. The third-order valence-electron chi connectivity index (χ3n) is 8.00. The van der Waals surface area contributed by atoms with Crippen LogP contribution in [-0.2, 0) is 5.41 Å². The number of aromatic nitrogens is 6. The van der Waals surface area contributed by atoms with Gasteiger partial charge in [-0.05, 0) is 48.9 Å². The second-order valence-electron chi connectivity index (χ2n) is 9.73. The highest BCUT2D eigenvalue weighted by Gasteiger charge is 2.66. The Hall–Kier alpha value is -3.85. The van der Waals surface area contributed by atoms with Crippen molar-refractivity contribution in [2.24, 2.45) is 17.6 Å². The van der Waals surface area contributed by atoms with Gasteiger partial charge in [0.15, 0.2) is 0 Å². The third-order valence-corrected chi connectivity index (χ3v) is 8.00. The van der Waals surface area contributed by atoms with Gasteiger partial charge in [-0.15, -0.1) is 0 Å². The van der Waals surface area contributed by atoms with Crippen LogP contribution < -0.4 is 10.6 Å². The fourth-order valence-electron chi connectivity index (χ4n) is 6.27. The first-order chi connectivity index (χ1) is 17.1. The number of nitrogens with one attached hydrogen (secondary N) is 2. The molecule has 1 aliphatic carbocycles. The van der Waals surface area contributed by atoms with E-state index in [1.165, 1.54) is 6.07 Å². The third kappa shape index (κ3) is 2.94. The SMILES string of the molecule is Cc1nc2ccc(-c3[nH]nc4nc(N5CC[C@@H]6[C@H](C5)[C@@]6(CN)c5ccccc5F)cnc34)cc2[nH]1. The number of piperidine rings is 1. The number of anilines is 1. The highest BCUT2D eigenvalue weighted by Crippen LogP contribution is 2.63. The number of halogens is 1. The topological polar surface area (TPSA) is 112 Å². The highest BCUT2D eigenvalue weighted by molar-refractivity contribution is 5.91. The molecule has 8 nitrogen and oxygen atoms in total. The number of aryl methyl sites for hydroxylation is 1. The first-order valence-corrected chi connectivity index (χ1v) is 12.0. The Morgan fingerprint density at radius 1 is 1.17 bits per heavy atom. The van der Waals surface area contributed by atoms with Gasteiger partial charge < -0.3 is 15.6 Å². The number of nitrogens with two attached hydrogens (primary N) is 1. The number of fused-ring (bicyclic) bond motifs is 3. The van der Waals surface area contributed by atoms with Crippen LogP contribution in [0.5, 0.6) is 0 Å². The van der Waals surface area contributed by atoms with Gasteiger partial charge in [-0.1, -0.05) is 24.3 Å². The number of aromatic amines is 2. The number of H-pyrrole nitrogens is 2. The number of rotatable bonds is 4. The normalized spacial score (nSPS) is 23.7. The summed E-state index contributed by atoms with van der Waals surface area (Å²) in [5.41, 5.74) is 11.7. The average Bonchev–Trinajstić information content (AvgIpc) is 3.12. The summed E-state index contributed by atoms with van der Waals surface area (Å²) >= 11 is 0. The van der Waals surface area contributed by atoms with Crippen LogP contribution in [0.25, 0.3) is 33.5 Å². The van der Waals surface area contributed by atoms with E-state index in [-0.39, 0.29) is 11.2 Å². The molecule has 5 aromatic rings. The summed E-state index contributed by atoms with van der Waals surface area (Å²) in [6.07, 6.45) is 2.77. The molecule has 0 bridgehead atoms. The number of nitrogens with zero attached hydrogens (tertiary/aromatic N) is 5. The lowest BCUT2D eigenvalue weighted by Crippen LogP contribution is -2.32. The summed E-state index contributed by atoms with van der Waals surface area (Å²) < 4.78 is 14.7. The van der Waals surface area contributed by atoms with Crippen LogP contribution >= 0.6 is 0 Å². The van der Waals surface area contributed by atoms with Crippen molar-refractivity contribution in [2.75, 3.05) is 24.5 Å². The van der Waals surface area contributed by atoms with Crippen LogP contribution in [0.4, 0.5) is 10.2 Å². The van der Waals surface area contributed by atoms with Crippen LogP contribution in [0.3, 0.4) is 0 Å². The molecule has 2 fully saturated rings. The van der Waals surface area contributed by atoms with Crippen molar-refractivity contribution in [3.63, 3.8) is 0 Å². The van der Waals surface area contributed by atoms with E-state index in [0.29, 0.717) is 24.0 Å². The lowest BCUT2D eigenvalue weighted by molar-refractivity contribution is 0.533. The fourth-order valence-corrected chi connectivity index (χ4v) is 6.27. The van der Waals surface area contributed by atoms with Crippen LogP contribution in [0.2, 0.25) is 0 Å². The molecule has 0 amide bonds. The number of hydrogen-bond donors (Lipinski definition) is 3. The largest absolute Gasteiger partial charge is 0.355 e. The molecule has 7 rings (SSSR count). The van der Waals surface area contributed by atoms with E-state index in [4.69, 9.17) is 15.7 Å². The molecule has 4 N–H and O–H groups in total. The zero-order chi connectivity index (χ0) is 23.7. The predicted octanol–water partition coefficient (Wildman–Crippen LogP) is 3.70. The van der Waals surface area contributed by atoms with Crippen molar-refractivity contribution >= 4 is 28.0 Å². The molecule has 2 aliphatic rings. The molecule has 9 heteroatoms. The number of imidazole rings is 1. The molecule has 4 heterocycles. The first kappa shape index (κ1) is 20.5. The van der Waals surface area contributed by atoms with Crippen molar-refractivity contribution in [3.8, 4) is 11.3 Å². The van der Waals surface area contributed by atoms with E-state index < -0.39 is 0 Å². The standard InChI is InChI=1S/C26H25FN8/c1-14-30-20-7-6-15(10-21(20)31-14)23-24-25(34-33-23)32-22(11-29-24)35-9-8-16-18(12-35)26(16,13-28)17-4-2-3-5-19(17)27/h2-7,10-11,16,18H,8-9,12-13,28H2,1H3,(H,30,31)(H,32,33,34)/t16-,18+,26-/m1/s1. The van der Waals surface area contributed by atoms with E-state index in [9.17, 15) is 4.39 Å². The van der Waals surface area contributed by atoms with Gasteiger partial charge >= 0.3 is 0 Å². The summed E-state index contributed by atoms with van der Waals surface area (Å²) in [5, 5.41) is 7.56. The van der Waals surface area contributed by atoms with Gasteiger partial charge in [-0.2, -0.15) is 5.10 Å². The van der Waals surface area contributed by atoms with Crippen LogP contribution in [0.1, 0.15) is 17.8 Å². The molecule has 1 saturated heterocycles. The minimum atomic E-state index is -0.291. The molecule has 35 heavy (non-hydrogen) atoms. The quantitative estimate of drug-likeness (QED) is 0.371. The van der Waals surface area contributed by atoms with Crippen molar-refractivity contribution in [1.29, 1.82) is 0 Å². The second-order valence-corrected chi connectivity index (χ2v) is 9.73. The fraction of sp³-hybridized carbons (Fsp3) is 0.308. The Bertz CT molecular complexity index is 1590. The highest BCUT2D eigenvalue weighted by atomic mass is 19.1. The molecule has 0 radical (unpaired) electrons. The number of hydrogen-bond acceptors (Lipinski definition) is 6. The molecule has 176 valence electrons. The molecule has 2 aromatic carbocycles. The Kier molecular flexibility index (Phi) is 4.29.